The zero-order valence-corrected chi connectivity index (χ0v) is 14.2. The molecule has 1 aromatic carbocycles. The molecule has 1 aliphatic heterocycles. The number of hydrogen-bond donors (Lipinski definition) is 1. The van der Waals surface area contributed by atoms with E-state index in [-0.39, 0.29) is 16.1 Å². The molecule has 0 radical (unpaired) electrons. The molecule has 9 heteroatoms. The lowest BCUT2D eigenvalue weighted by atomic mass is 9.90. The molecule has 1 unspecified atom stereocenters. The van der Waals surface area contributed by atoms with Crippen LogP contribution in [0.15, 0.2) is 24.3 Å². The molecule has 1 saturated carbocycles. The number of benzene rings is 1. The van der Waals surface area contributed by atoms with Gasteiger partial charge in [-0.05, 0) is 61.7 Å². The minimum absolute atomic E-state index is 0.110. The smallest absolute Gasteiger partial charge is 0.317 e. The maximum atomic E-state index is 14.5. The Morgan fingerprint density at radius 2 is 1.81 bits per heavy atom. The largest absolute Gasteiger partial charge is 0.417 e. The van der Waals surface area contributed by atoms with Crippen molar-refractivity contribution < 1.29 is 26.3 Å². The van der Waals surface area contributed by atoms with Gasteiger partial charge in [-0.1, -0.05) is 0 Å². The first-order valence-corrected chi connectivity index (χ1v) is 8.86. The minimum atomic E-state index is -4.75. The SMILES string of the molecule is Fc1ccc(-c2cc(C3C(F)(F)C34CCNCC4)ns2)c(C(F)(F)F)c1. The van der Waals surface area contributed by atoms with Crippen LogP contribution in [-0.4, -0.2) is 23.4 Å². The van der Waals surface area contributed by atoms with Crippen molar-refractivity contribution in [1.29, 1.82) is 0 Å². The van der Waals surface area contributed by atoms with Crippen molar-refractivity contribution in [3.63, 3.8) is 0 Å². The van der Waals surface area contributed by atoms with Crippen LogP contribution < -0.4 is 5.32 Å². The van der Waals surface area contributed by atoms with Crippen LogP contribution in [0.25, 0.3) is 10.4 Å². The van der Waals surface area contributed by atoms with Crippen LogP contribution in [0.3, 0.4) is 0 Å². The molecule has 0 bridgehead atoms. The van der Waals surface area contributed by atoms with Crippen LogP contribution >= 0.6 is 11.5 Å². The summed E-state index contributed by atoms with van der Waals surface area (Å²) in [7, 11) is 0. The molecular formula is C17H14F6N2S. The predicted molar refractivity (Wildman–Crippen MR) is 84.7 cm³/mol. The molecule has 1 spiro atoms. The number of rotatable bonds is 2. The van der Waals surface area contributed by atoms with Crippen molar-refractivity contribution >= 4 is 11.5 Å². The summed E-state index contributed by atoms with van der Waals surface area (Å²) in [6.07, 6.45) is -4.13. The Balaban J connectivity index is 1.70. The molecule has 2 fully saturated rings. The molecule has 2 aromatic rings. The Bertz CT molecular complexity index is 838. The Morgan fingerprint density at radius 1 is 1.12 bits per heavy atom. The summed E-state index contributed by atoms with van der Waals surface area (Å²) in [5.74, 6) is -4.99. The molecule has 1 saturated heterocycles. The monoisotopic (exact) mass is 392 g/mol. The second-order valence-corrected chi connectivity index (χ2v) is 7.57. The quantitative estimate of drug-likeness (QED) is 0.722. The molecule has 1 aliphatic carbocycles. The Labute approximate surface area is 149 Å². The molecule has 2 aliphatic rings. The number of alkyl halides is 5. The van der Waals surface area contributed by atoms with E-state index in [1.807, 2.05) is 0 Å². The zero-order valence-electron chi connectivity index (χ0n) is 13.3. The summed E-state index contributed by atoms with van der Waals surface area (Å²) in [6, 6.07) is 3.64. The lowest BCUT2D eigenvalue weighted by Crippen LogP contribution is -2.32. The van der Waals surface area contributed by atoms with Gasteiger partial charge in [0, 0.05) is 5.56 Å². The van der Waals surface area contributed by atoms with Crippen molar-refractivity contribution in [3.05, 3.63) is 41.3 Å². The minimum Gasteiger partial charge on any atom is -0.317 e. The lowest BCUT2D eigenvalue weighted by molar-refractivity contribution is -0.137. The molecular weight excluding hydrogens is 378 g/mol. The Hall–Kier alpha value is -1.61. The molecule has 26 heavy (non-hydrogen) atoms. The second-order valence-electron chi connectivity index (χ2n) is 6.77. The molecule has 2 heterocycles. The molecule has 140 valence electrons. The summed E-state index contributed by atoms with van der Waals surface area (Å²) in [4.78, 5) is 0.110. The van der Waals surface area contributed by atoms with E-state index >= 15 is 0 Å². The standard InChI is InChI=1S/C17H14F6N2S/c18-9-1-2-10(11(7-9)17(21,22)23)13-8-12(25-26-13)14-15(16(14,19)20)3-5-24-6-4-15/h1-2,7-8,14,24H,3-6H2. The first kappa shape index (κ1) is 17.8. The van der Waals surface area contributed by atoms with Gasteiger partial charge in [-0.3, -0.25) is 0 Å². The molecule has 1 atom stereocenters. The third kappa shape index (κ3) is 2.55. The van der Waals surface area contributed by atoms with Crippen molar-refractivity contribution in [1.82, 2.24) is 9.69 Å². The van der Waals surface area contributed by atoms with Crippen LogP contribution in [0.2, 0.25) is 0 Å². The summed E-state index contributed by atoms with van der Waals surface area (Å²) >= 11 is 0.734. The average Bonchev–Trinajstić information content (AvgIpc) is 2.90. The van der Waals surface area contributed by atoms with E-state index in [9.17, 15) is 26.3 Å². The van der Waals surface area contributed by atoms with E-state index in [2.05, 4.69) is 9.69 Å². The van der Waals surface area contributed by atoms with Gasteiger partial charge in [-0.15, -0.1) is 0 Å². The number of aromatic nitrogens is 1. The molecule has 2 nitrogen and oxygen atoms in total. The van der Waals surface area contributed by atoms with Crippen LogP contribution in [-0.2, 0) is 6.18 Å². The highest BCUT2D eigenvalue weighted by molar-refractivity contribution is 7.09. The third-order valence-electron chi connectivity index (χ3n) is 5.37. The van der Waals surface area contributed by atoms with E-state index in [0.29, 0.717) is 32.0 Å². The molecule has 1 N–H and O–H groups in total. The normalized spacial score (nSPS) is 24.0. The first-order valence-electron chi connectivity index (χ1n) is 8.09. The maximum Gasteiger partial charge on any atom is 0.417 e. The van der Waals surface area contributed by atoms with Gasteiger partial charge in [0.05, 0.1) is 27.5 Å². The van der Waals surface area contributed by atoms with Crippen LogP contribution in [0.4, 0.5) is 26.3 Å². The second kappa shape index (κ2) is 5.69. The fourth-order valence-electron chi connectivity index (χ4n) is 3.99. The van der Waals surface area contributed by atoms with Gasteiger partial charge in [0.15, 0.2) is 0 Å². The molecule has 0 amide bonds. The van der Waals surface area contributed by atoms with Gasteiger partial charge in [-0.25, -0.2) is 13.2 Å². The third-order valence-corrected chi connectivity index (χ3v) is 6.20. The van der Waals surface area contributed by atoms with Gasteiger partial charge in [0.25, 0.3) is 5.92 Å². The van der Waals surface area contributed by atoms with E-state index in [1.54, 1.807) is 0 Å². The topological polar surface area (TPSA) is 24.9 Å². The fourth-order valence-corrected chi connectivity index (χ4v) is 4.80. The van der Waals surface area contributed by atoms with Crippen LogP contribution in [0.5, 0.6) is 0 Å². The summed E-state index contributed by atoms with van der Waals surface area (Å²) in [5.41, 5.74) is -2.41. The maximum absolute atomic E-state index is 14.5. The highest BCUT2D eigenvalue weighted by Crippen LogP contribution is 2.75. The van der Waals surface area contributed by atoms with Gasteiger partial charge in [0.1, 0.15) is 5.82 Å². The highest BCUT2D eigenvalue weighted by atomic mass is 32.1. The van der Waals surface area contributed by atoms with Gasteiger partial charge in [0.2, 0.25) is 0 Å². The van der Waals surface area contributed by atoms with Crippen LogP contribution in [0.1, 0.15) is 30.0 Å². The van der Waals surface area contributed by atoms with Gasteiger partial charge in [-0.2, -0.15) is 17.5 Å². The van der Waals surface area contributed by atoms with E-state index < -0.39 is 34.8 Å². The van der Waals surface area contributed by atoms with E-state index in [4.69, 9.17) is 0 Å². The van der Waals surface area contributed by atoms with Crippen molar-refractivity contribution in [2.75, 3.05) is 13.1 Å². The van der Waals surface area contributed by atoms with Gasteiger partial charge >= 0.3 is 6.18 Å². The number of hydrogen-bond acceptors (Lipinski definition) is 3. The van der Waals surface area contributed by atoms with E-state index in [0.717, 1.165) is 23.7 Å². The summed E-state index contributed by atoms with van der Waals surface area (Å²) in [5, 5.41) is 3.04. The number of nitrogens with zero attached hydrogens (tertiary/aromatic N) is 1. The lowest BCUT2D eigenvalue weighted by Gasteiger charge is -2.22. The van der Waals surface area contributed by atoms with Gasteiger partial charge < -0.3 is 5.32 Å². The highest BCUT2D eigenvalue weighted by Gasteiger charge is 2.80. The van der Waals surface area contributed by atoms with Crippen molar-refractivity contribution in [2.24, 2.45) is 5.41 Å². The Kier molecular flexibility index (Phi) is 3.89. The number of nitrogens with one attached hydrogen (secondary N) is 1. The summed E-state index contributed by atoms with van der Waals surface area (Å²) in [6.45, 7) is 0.971. The number of piperidine rings is 1. The first-order chi connectivity index (χ1) is 12.2. The average molecular weight is 392 g/mol. The Morgan fingerprint density at radius 3 is 2.46 bits per heavy atom. The fraction of sp³-hybridized carbons (Fsp3) is 0.471. The molecule has 1 aromatic heterocycles. The van der Waals surface area contributed by atoms with Crippen molar-refractivity contribution in [2.45, 2.75) is 30.9 Å². The molecule has 4 rings (SSSR count). The van der Waals surface area contributed by atoms with Crippen molar-refractivity contribution in [3.8, 4) is 10.4 Å². The zero-order chi connectivity index (χ0) is 18.7. The number of halogens is 6. The van der Waals surface area contributed by atoms with E-state index in [1.165, 1.54) is 6.07 Å². The summed E-state index contributed by atoms with van der Waals surface area (Å²) < 4.78 is 85.8. The predicted octanol–water partition coefficient (Wildman–Crippen LogP) is 5.07. The van der Waals surface area contributed by atoms with Crippen LogP contribution in [0, 0.1) is 11.2 Å².